The van der Waals surface area contributed by atoms with Gasteiger partial charge in [0.1, 0.15) is 11.3 Å². The Hall–Kier alpha value is -2.60. The number of methoxy groups -OCH3 is 1. The fraction of sp³-hybridized carbons (Fsp3) is 0.333. The average Bonchev–Trinajstić information content (AvgIpc) is 3.03. The molecule has 124 valence electrons. The number of pyridine rings is 1. The lowest BCUT2D eigenvalue weighted by molar-refractivity contribution is 0.0694. The van der Waals surface area contributed by atoms with Crippen molar-refractivity contribution in [2.45, 2.75) is 25.4 Å². The molecule has 0 spiro atoms. The van der Waals surface area contributed by atoms with Crippen molar-refractivity contribution in [2.24, 2.45) is 0 Å². The number of nitrogens with one attached hydrogen (secondary N) is 1. The van der Waals surface area contributed by atoms with Crippen molar-refractivity contribution in [1.82, 2.24) is 9.88 Å². The van der Waals surface area contributed by atoms with Gasteiger partial charge in [-0.1, -0.05) is 0 Å². The number of fused-ring (bicyclic) bond motifs is 6. The topological polar surface area (TPSA) is 80.6 Å². The maximum Gasteiger partial charge on any atom is 0.341 e. The van der Waals surface area contributed by atoms with E-state index in [0.717, 1.165) is 41.1 Å². The van der Waals surface area contributed by atoms with Gasteiger partial charge in [0.05, 0.1) is 24.9 Å². The van der Waals surface area contributed by atoms with Gasteiger partial charge >= 0.3 is 5.97 Å². The first kappa shape index (κ1) is 15.0. The molecule has 1 aromatic heterocycles. The Morgan fingerprint density at radius 1 is 1.38 bits per heavy atom. The van der Waals surface area contributed by atoms with Gasteiger partial charge in [0.25, 0.3) is 0 Å². The fourth-order valence-electron chi connectivity index (χ4n) is 3.91. The highest BCUT2D eigenvalue weighted by molar-refractivity contribution is 5.88. The monoisotopic (exact) mass is 326 g/mol. The number of hydrogen-bond donors (Lipinski definition) is 2. The lowest BCUT2D eigenvalue weighted by atomic mass is 9.87. The minimum absolute atomic E-state index is 0.0890. The highest BCUT2D eigenvalue weighted by Crippen LogP contribution is 2.46. The molecule has 24 heavy (non-hydrogen) atoms. The van der Waals surface area contributed by atoms with Crippen molar-refractivity contribution in [3.63, 3.8) is 0 Å². The molecule has 0 bridgehead atoms. The zero-order valence-corrected chi connectivity index (χ0v) is 13.5. The van der Waals surface area contributed by atoms with E-state index in [0.29, 0.717) is 0 Å². The maximum absolute atomic E-state index is 12.2. The SMILES string of the molecule is COc1cc2c(cc1C)-c1cc(=O)c(C(=O)O)cn1C1CCNC21. The average molecular weight is 326 g/mol. The van der Waals surface area contributed by atoms with Crippen molar-refractivity contribution >= 4 is 5.97 Å². The van der Waals surface area contributed by atoms with E-state index in [-0.39, 0.29) is 17.6 Å². The van der Waals surface area contributed by atoms with E-state index in [1.54, 1.807) is 7.11 Å². The van der Waals surface area contributed by atoms with Crippen molar-refractivity contribution < 1.29 is 14.6 Å². The van der Waals surface area contributed by atoms with E-state index >= 15 is 0 Å². The Morgan fingerprint density at radius 2 is 2.17 bits per heavy atom. The molecule has 3 heterocycles. The first-order valence-electron chi connectivity index (χ1n) is 7.93. The van der Waals surface area contributed by atoms with Crippen LogP contribution in [0.25, 0.3) is 11.3 Å². The zero-order chi connectivity index (χ0) is 17.0. The quantitative estimate of drug-likeness (QED) is 0.883. The summed E-state index contributed by atoms with van der Waals surface area (Å²) in [4.78, 5) is 23.5. The molecule has 2 N–H and O–H groups in total. The fourth-order valence-corrected chi connectivity index (χ4v) is 3.91. The minimum atomic E-state index is -1.19. The molecular weight excluding hydrogens is 308 g/mol. The van der Waals surface area contributed by atoms with Crippen LogP contribution >= 0.6 is 0 Å². The van der Waals surface area contributed by atoms with Crippen LogP contribution in [-0.4, -0.2) is 29.3 Å². The molecule has 0 saturated carbocycles. The summed E-state index contributed by atoms with van der Waals surface area (Å²) in [5.41, 5.74) is 3.17. The van der Waals surface area contributed by atoms with Crippen LogP contribution in [0.2, 0.25) is 0 Å². The van der Waals surface area contributed by atoms with Crippen LogP contribution in [0.15, 0.2) is 29.2 Å². The standard InChI is InChI=1S/C18H18N2O4/c1-9-5-10-11(6-16(9)24-2)17-13(3-4-19-17)20-8-12(18(22)23)15(21)7-14(10)20/h5-8,13,17,19H,3-4H2,1-2H3,(H,22,23). The van der Waals surface area contributed by atoms with Crippen LogP contribution in [-0.2, 0) is 0 Å². The summed E-state index contributed by atoms with van der Waals surface area (Å²) in [5, 5.41) is 12.8. The third kappa shape index (κ3) is 1.99. The molecule has 2 atom stereocenters. The first-order valence-corrected chi connectivity index (χ1v) is 7.93. The van der Waals surface area contributed by atoms with Gasteiger partial charge in [-0.15, -0.1) is 0 Å². The molecule has 2 unspecified atom stereocenters. The molecule has 2 aliphatic rings. The molecule has 1 saturated heterocycles. The predicted molar refractivity (Wildman–Crippen MR) is 88.8 cm³/mol. The van der Waals surface area contributed by atoms with Crippen LogP contribution in [0.4, 0.5) is 0 Å². The molecule has 1 aromatic carbocycles. The van der Waals surface area contributed by atoms with Crippen LogP contribution < -0.4 is 15.5 Å². The number of nitrogens with zero attached hydrogens (tertiary/aromatic N) is 1. The number of aromatic carboxylic acids is 1. The molecule has 2 aromatic rings. The number of carbonyl (C=O) groups is 1. The summed E-state index contributed by atoms with van der Waals surface area (Å²) in [7, 11) is 1.65. The van der Waals surface area contributed by atoms with Crippen LogP contribution in [0.1, 0.15) is 40.0 Å². The highest BCUT2D eigenvalue weighted by Gasteiger charge is 2.37. The molecular formula is C18H18N2O4. The van der Waals surface area contributed by atoms with Gasteiger partial charge in [-0.05, 0) is 43.1 Å². The summed E-state index contributed by atoms with van der Waals surface area (Å²) in [6, 6.07) is 5.67. The van der Waals surface area contributed by atoms with Gasteiger partial charge in [0, 0.05) is 17.8 Å². The third-order valence-corrected chi connectivity index (χ3v) is 5.03. The zero-order valence-electron chi connectivity index (χ0n) is 13.5. The Morgan fingerprint density at radius 3 is 2.88 bits per heavy atom. The molecule has 2 aliphatic heterocycles. The van der Waals surface area contributed by atoms with Crippen molar-refractivity contribution in [3.05, 3.63) is 51.3 Å². The molecule has 0 amide bonds. The number of aromatic nitrogens is 1. The number of aryl methyl sites for hydroxylation is 1. The Kier molecular flexibility index (Phi) is 3.25. The molecule has 6 nitrogen and oxygen atoms in total. The van der Waals surface area contributed by atoms with Crippen molar-refractivity contribution in [2.75, 3.05) is 13.7 Å². The highest BCUT2D eigenvalue weighted by atomic mass is 16.5. The summed E-state index contributed by atoms with van der Waals surface area (Å²) in [5.74, 6) is -0.367. The smallest absolute Gasteiger partial charge is 0.341 e. The molecule has 0 radical (unpaired) electrons. The van der Waals surface area contributed by atoms with Crippen molar-refractivity contribution in [3.8, 4) is 17.0 Å². The number of carboxylic acids is 1. The van der Waals surface area contributed by atoms with Gasteiger partial charge in [-0.25, -0.2) is 4.79 Å². The second kappa shape index (κ2) is 5.21. The summed E-state index contributed by atoms with van der Waals surface area (Å²) in [6.07, 6.45) is 2.38. The molecule has 6 heteroatoms. The molecule has 0 aliphatic carbocycles. The largest absolute Gasteiger partial charge is 0.496 e. The molecule has 4 rings (SSSR count). The van der Waals surface area contributed by atoms with Gasteiger partial charge < -0.3 is 19.7 Å². The number of rotatable bonds is 2. The lowest BCUT2D eigenvalue weighted by Crippen LogP contribution is -2.29. The number of hydrogen-bond acceptors (Lipinski definition) is 4. The van der Waals surface area contributed by atoms with Gasteiger partial charge in [-0.2, -0.15) is 0 Å². The maximum atomic E-state index is 12.2. The first-order chi connectivity index (χ1) is 11.5. The Balaban J connectivity index is 2.03. The number of benzene rings is 1. The summed E-state index contributed by atoms with van der Waals surface area (Å²) in [6.45, 7) is 2.81. The summed E-state index contributed by atoms with van der Waals surface area (Å²) >= 11 is 0. The van der Waals surface area contributed by atoms with Gasteiger partial charge in [0.15, 0.2) is 5.43 Å². The number of ether oxygens (including phenoxy) is 1. The number of carboxylic acid groups (broad SMARTS) is 1. The summed E-state index contributed by atoms with van der Waals surface area (Å²) < 4.78 is 7.40. The minimum Gasteiger partial charge on any atom is -0.496 e. The normalized spacial score (nSPS) is 20.9. The van der Waals surface area contributed by atoms with Crippen LogP contribution in [0.3, 0.4) is 0 Å². The van der Waals surface area contributed by atoms with E-state index in [9.17, 15) is 14.7 Å². The van der Waals surface area contributed by atoms with E-state index in [4.69, 9.17) is 4.74 Å². The van der Waals surface area contributed by atoms with E-state index < -0.39 is 11.4 Å². The van der Waals surface area contributed by atoms with E-state index in [2.05, 4.69) is 5.32 Å². The third-order valence-electron chi connectivity index (χ3n) is 5.03. The second-order valence-electron chi connectivity index (χ2n) is 6.35. The van der Waals surface area contributed by atoms with Crippen LogP contribution in [0, 0.1) is 6.92 Å². The van der Waals surface area contributed by atoms with Crippen molar-refractivity contribution in [1.29, 1.82) is 0 Å². The lowest BCUT2D eigenvalue weighted by Gasteiger charge is -2.33. The van der Waals surface area contributed by atoms with Gasteiger partial charge in [-0.3, -0.25) is 4.79 Å². The Labute approximate surface area is 138 Å². The second-order valence-corrected chi connectivity index (χ2v) is 6.35. The van der Waals surface area contributed by atoms with Gasteiger partial charge in [0.2, 0.25) is 0 Å². The molecule has 1 fully saturated rings. The van der Waals surface area contributed by atoms with Crippen LogP contribution in [0.5, 0.6) is 5.75 Å². The van der Waals surface area contributed by atoms with E-state index in [1.165, 1.54) is 12.3 Å². The Bertz CT molecular complexity index is 916. The predicted octanol–water partition coefficient (Wildman–Crippen LogP) is 2.12. The van der Waals surface area contributed by atoms with E-state index in [1.807, 2.05) is 23.6 Å².